The summed E-state index contributed by atoms with van der Waals surface area (Å²) >= 11 is 4.07. The van der Waals surface area contributed by atoms with Gasteiger partial charge in [0.25, 0.3) is 0 Å². The molecular weight excluding hydrogens is 348 g/mol. The van der Waals surface area contributed by atoms with Gasteiger partial charge >= 0.3 is 5.97 Å². The third kappa shape index (κ3) is 2.19. The lowest BCUT2D eigenvalue weighted by Crippen LogP contribution is -2.57. The van der Waals surface area contributed by atoms with Gasteiger partial charge in [-0.05, 0) is 49.4 Å². The minimum absolute atomic E-state index is 0.0295. The van der Waals surface area contributed by atoms with Gasteiger partial charge in [-0.25, -0.2) is 0 Å². The Morgan fingerprint density at radius 1 is 1.42 bits per heavy atom. The lowest BCUT2D eigenvalue weighted by molar-refractivity contribution is -0.177. The average molecular weight is 379 g/mol. The molecule has 0 aromatic heterocycles. The SMILES string of the molecule is C=C[C@]1(C)C[C@@H](OC(=O)CS)[C@]23CC2CC[C@]2(CCC(=O)[C@H]23)[C@@H](C)[C@@H]1O. The molecule has 0 aromatic carbocycles. The van der Waals surface area contributed by atoms with Gasteiger partial charge in [0.1, 0.15) is 11.9 Å². The quantitative estimate of drug-likeness (QED) is 0.450. The fourth-order valence-electron chi connectivity index (χ4n) is 7.05. The van der Waals surface area contributed by atoms with Crippen LogP contribution in [-0.2, 0) is 14.3 Å². The summed E-state index contributed by atoms with van der Waals surface area (Å²) < 4.78 is 5.91. The predicted octanol–water partition coefficient (Wildman–Crippen LogP) is 3.19. The van der Waals surface area contributed by atoms with E-state index in [1.807, 2.05) is 13.0 Å². The minimum atomic E-state index is -0.599. The summed E-state index contributed by atoms with van der Waals surface area (Å²) in [5, 5.41) is 11.3. The molecule has 5 heteroatoms. The van der Waals surface area contributed by atoms with Crippen molar-refractivity contribution in [2.45, 2.75) is 64.6 Å². The van der Waals surface area contributed by atoms with E-state index in [0.29, 0.717) is 24.5 Å². The van der Waals surface area contributed by atoms with Crippen LogP contribution in [0.3, 0.4) is 0 Å². The fourth-order valence-corrected chi connectivity index (χ4v) is 7.12. The van der Waals surface area contributed by atoms with Gasteiger partial charge in [0.05, 0.1) is 11.9 Å². The molecule has 0 heterocycles. The lowest BCUT2D eigenvalue weighted by atomic mass is 9.50. The minimum Gasteiger partial charge on any atom is -0.461 e. The molecule has 0 radical (unpaired) electrons. The number of ketones is 1. The van der Waals surface area contributed by atoms with E-state index < -0.39 is 11.5 Å². The molecule has 4 nitrogen and oxygen atoms in total. The predicted molar refractivity (Wildman–Crippen MR) is 102 cm³/mol. The summed E-state index contributed by atoms with van der Waals surface area (Å²) in [7, 11) is 0. The van der Waals surface area contributed by atoms with Crippen LogP contribution in [0.25, 0.3) is 0 Å². The van der Waals surface area contributed by atoms with Crippen LogP contribution >= 0.6 is 12.6 Å². The van der Waals surface area contributed by atoms with Gasteiger partial charge in [0, 0.05) is 23.2 Å². The fraction of sp³-hybridized carbons (Fsp3) is 0.810. The summed E-state index contributed by atoms with van der Waals surface area (Å²) in [5.74, 6) is 0.421. The molecule has 4 aliphatic carbocycles. The molecular formula is C21H30O4S. The summed E-state index contributed by atoms with van der Waals surface area (Å²) in [4.78, 5) is 25.2. The number of carbonyl (C=O) groups excluding carboxylic acids is 2. The molecule has 0 aliphatic heterocycles. The Kier molecular flexibility index (Phi) is 4.17. The number of carbonyl (C=O) groups is 2. The third-order valence-corrected chi connectivity index (χ3v) is 8.84. The van der Waals surface area contributed by atoms with Crippen LogP contribution in [-0.4, -0.2) is 34.8 Å². The highest BCUT2D eigenvalue weighted by molar-refractivity contribution is 7.81. The average Bonchev–Trinajstić information content (AvgIpc) is 3.29. The van der Waals surface area contributed by atoms with Crippen molar-refractivity contribution in [3.63, 3.8) is 0 Å². The van der Waals surface area contributed by atoms with Crippen molar-refractivity contribution in [1.29, 1.82) is 0 Å². The highest BCUT2D eigenvalue weighted by Crippen LogP contribution is 2.77. The Balaban J connectivity index is 1.85. The van der Waals surface area contributed by atoms with Crippen LogP contribution in [0.1, 0.15) is 52.4 Å². The van der Waals surface area contributed by atoms with Gasteiger partial charge in [-0.2, -0.15) is 12.6 Å². The zero-order valence-electron chi connectivity index (χ0n) is 15.7. The van der Waals surface area contributed by atoms with Crippen molar-refractivity contribution in [2.24, 2.45) is 34.0 Å². The van der Waals surface area contributed by atoms with Gasteiger partial charge < -0.3 is 9.84 Å². The van der Waals surface area contributed by atoms with Crippen LogP contribution in [0.2, 0.25) is 0 Å². The number of ether oxygens (including phenoxy) is 1. The van der Waals surface area contributed by atoms with Crippen LogP contribution in [0.5, 0.6) is 0 Å². The Morgan fingerprint density at radius 2 is 2.15 bits per heavy atom. The number of aliphatic hydroxyl groups excluding tert-OH is 1. The molecule has 2 bridgehead atoms. The Bertz CT molecular complexity index is 662. The van der Waals surface area contributed by atoms with Crippen molar-refractivity contribution in [2.75, 3.05) is 5.75 Å². The van der Waals surface area contributed by atoms with Crippen LogP contribution in [0.4, 0.5) is 0 Å². The van der Waals surface area contributed by atoms with Crippen molar-refractivity contribution in [3.05, 3.63) is 12.7 Å². The molecule has 4 saturated carbocycles. The first-order valence-electron chi connectivity index (χ1n) is 9.90. The molecule has 0 amide bonds. The Labute approximate surface area is 161 Å². The number of esters is 1. The second kappa shape index (κ2) is 5.84. The molecule has 4 rings (SSSR count). The number of hydrogen-bond donors (Lipinski definition) is 2. The first kappa shape index (κ1) is 18.5. The number of thiol groups is 1. The van der Waals surface area contributed by atoms with Gasteiger partial charge in [0.2, 0.25) is 0 Å². The zero-order valence-corrected chi connectivity index (χ0v) is 16.6. The van der Waals surface area contributed by atoms with Crippen molar-refractivity contribution >= 4 is 24.4 Å². The standard InChI is InChI=1S/C21H30O4S/c1-4-19(3)10-15(25-16(23)11-26)21-9-13(21)5-7-20(12(2)18(19)24)8-6-14(22)17(20)21/h4,12-13,15,17-18,24,26H,1,5-11H2,2-3H3/t12-,13?,15+,17+,18-,19+,20-,21-/m0/s1. The molecule has 0 aromatic rings. The molecule has 144 valence electrons. The van der Waals surface area contributed by atoms with E-state index >= 15 is 0 Å². The van der Waals surface area contributed by atoms with E-state index in [9.17, 15) is 14.7 Å². The number of hydrogen-bond acceptors (Lipinski definition) is 5. The Morgan fingerprint density at radius 3 is 2.81 bits per heavy atom. The van der Waals surface area contributed by atoms with Crippen molar-refractivity contribution < 1.29 is 19.4 Å². The highest BCUT2D eigenvalue weighted by Gasteiger charge is 2.76. The molecule has 4 fully saturated rings. The summed E-state index contributed by atoms with van der Waals surface area (Å²) in [5.41, 5.74) is -0.940. The Hall–Kier alpha value is -0.810. The topological polar surface area (TPSA) is 63.6 Å². The van der Waals surface area contributed by atoms with Crippen molar-refractivity contribution in [3.8, 4) is 0 Å². The molecule has 26 heavy (non-hydrogen) atoms. The molecule has 0 saturated heterocycles. The summed E-state index contributed by atoms with van der Waals surface area (Å²) in [6, 6.07) is 0. The van der Waals surface area contributed by atoms with E-state index in [0.717, 1.165) is 25.7 Å². The maximum Gasteiger partial charge on any atom is 0.315 e. The maximum absolute atomic E-state index is 13.0. The normalized spacial score (nSPS) is 52.3. The summed E-state index contributed by atoms with van der Waals surface area (Å²) in [6.45, 7) is 8.13. The van der Waals surface area contributed by atoms with Crippen molar-refractivity contribution in [1.82, 2.24) is 0 Å². The highest BCUT2D eigenvalue weighted by atomic mass is 32.1. The second-order valence-corrected chi connectivity index (χ2v) is 9.79. The smallest absolute Gasteiger partial charge is 0.315 e. The van der Waals surface area contributed by atoms with E-state index in [1.165, 1.54) is 0 Å². The maximum atomic E-state index is 13.0. The summed E-state index contributed by atoms with van der Waals surface area (Å²) in [6.07, 6.45) is 5.88. The van der Waals surface area contributed by atoms with E-state index in [-0.39, 0.29) is 40.5 Å². The number of aliphatic hydroxyl groups is 1. The van der Waals surface area contributed by atoms with E-state index in [1.54, 1.807) is 0 Å². The largest absolute Gasteiger partial charge is 0.461 e. The van der Waals surface area contributed by atoms with Gasteiger partial charge in [-0.3, -0.25) is 9.59 Å². The van der Waals surface area contributed by atoms with Gasteiger partial charge in [-0.15, -0.1) is 6.58 Å². The zero-order chi connectivity index (χ0) is 18.9. The van der Waals surface area contributed by atoms with Crippen LogP contribution < -0.4 is 0 Å². The van der Waals surface area contributed by atoms with Crippen LogP contribution in [0.15, 0.2) is 12.7 Å². The number of rotatable bonds is 3. The molecule has 4 aliphatic rings. The lowest BCUT2D eigenvalue weighted by Gasteiger charge is -2.55. The van der Waals surface area contributed by atoms with Gasteiger partial charge in [-0.1, -0.05) is 19.9 Å². The van der Waals surface area contributed by atoms with E-state index in [2.05, 4.69) is 26.1 Å². The molecule has 1 unspecified atom stereocenters. The third-order valence-electron chi connectivity index (χ3n) is 8.58. The monoisotopic (exact) mass is 378 g/mol. The van der Waals surface area contributed by atoms with Crippen LogP contribution in [0, 0.1) is 34.0 Å². The molecule has 1 spiro atoms. The van der Waals surface area contributed by atoms with E-state index in [4.69, 9.17) is 4.74 Å². The number of Topliss-reactive ketones (excluding diaryl/α,β-unsaturated/α-hetero) is 1. The first-order valence-corrected chi connectivity index (χ1v) is 10.5. The molecule has 8 atom stereocenters. The first-order chi connectivity index (χ1) is 12.2. The second-order valence-electron chi connectivity index (χ2n) is 9.47. The van der Waals surface area contributed by atoms with Gasteiger partial charge in [0.15, 0.2) is 0 Å². The molecule has 1 N–H and O–H groups in total.